The van der Waals surface area contributed by atoms with Crippen LogP contribution in [0, 0.1) is 12.3 Å². The summed E-state index contributed by atoms with van der Waals surface area (Å²) in [6.45, 7) is 5.37. The van der Waals surface area contributed by atoms with E-state index in [2.05, 4.69) is 10.3 Å². The van der Waals surface area contributed by atoms with Gasteiger partial charge < -0.3 is 15.4 Å². The summed E-state index contributed by atoms with van der Waals surface area (Å²) in [6.07, 6.45) is 2.91. The maximum Gasteiger partial charge on any atom is 0.310 e. The van der Waals surface area contributed by atoms with Gasteiger partial charge in [0.05, 0.1) is 5.41 Å². The van der Waals surface area contributed by atoms with Crippen molar-refractivity contribution < 1.29 is 14.7 Å². The van der Waals surface area contributed by atoms with Crippen LogP contribution < -0.4 is 5.32 Å². The van der Waals surface area contributed by atoms with Crippen molar-refractivity contribution in [3.8, 4) is 0 Å². The number of amides is 1. The second-order valence-electron chi connectivity index (χ2n) is 6.28. The molecule has 2 rings (SSSR count). The summed E-state index contributed by atoms with van der Waals surface area (Å²) < 4.78 is 0. The number of carboxylic acid groups (broad SMARTS) is 1. The van der Waals surface area contributed by atoms with E-state index in [1.807, 2.05) is 31.3 Å². The number of carbonyl (C=O) groups is 2. The standard InChI is InChI=1S/C17H22N2O3/c1-11-5-4-6-13-12(9-18-15(11)13)7-8-14(20)19-10-17(2,3)16(21)22/h4-6,9,18H,7-8,10H2,1-3H3,(H,19,20)(H,21,22). The SMILES string of the molecule is Cc1cccc2c(CCC(=O)NCC(C)(C)C(=O)O)c[nH]c12. The molecule has 2 aromatic rings. The second kappa shape index (κ2) is 6.22. The van der Waals surface area contributed by atoms with Crippen molar-refractivity contribution in [3.63, 3.8) is 0 Å². The number of rotatable bonds is 6. The van der Waals surface area contributed by atoms with Gasteiger partial charge in [0.15, 0.2) is 0 Å². The lowest BCUT2D eigenvalue weighted by Crippen LogP contribution is -2.38. The molecular weight excluding hydrogens is 280 g/mol. The van der Waals surface area contributed by atoms with Gasteiger partial charge in [-0.2, -0.15) is 0 Å². The van der Waals surface area contributed by atoms with Gasteiger partial charge in [-0.25, -0.2) is 0 Å². The molecule has 1 aromatic heterocycles. The molecule has 1 amide bonds. The van der Waals surface area contributed by atoms with Crippen molar-refractivity contribution in [2.45, 2.75) is 33.6 Å². The number of aromatic nitrogens is 1. The summed E-state index contributed by atoms with van der Waals surface area (Å²) in [5.74, 6) is -1.05. The molecule has 1 aromatic carbocycles. The minimum atomic E-state index is -0.951. The van der Waals surface area contributed by atoms with Gasteiger partial charge in [0, 0.05) is 30.1 Å². The third-order valence-electron chi connectivity index (χ3n) is 3.94. The van der Waals surface area contributed by atoms with Gasteiger partial charge in [0.25, 0.3) is 0 Å². The second-order valence-corrected chi connectivity index (χ2v) is 6.28. The lowest BCUT2D eigenvalue weighted by atomic mass is 9.94. The Labute approximate surface area is 129 Å². The van der Waals surface area contributed by atoms with Crippen LogP contribution in [0.25, 0.3) is 10.9 Å². The summed E-state index contributed by atoms with van der Waals surface area (Å²) in [5.41, 5.74) is 2.43. The molecule has 5 heteroatoms. The zero-order valence-electron chi connectivity index (χ0n) is 13.2. The molecule has 0 atom stereocenters. The Balaban J connectivity index is 1.93. The van der Waals surface area contributed by atoms with E-state index >= 15 is 0 Å². The highest BCUT2D eigenvalue weighted by Gasteiger charge is 2.27. The van der Waals surface area contributed by atoms with E-state index in [1.54, 1.807) is 13.8 Å². The van der Waals surface area contributed by atoms with Crippen LogP contribution in [0.4, 0.5) is 0 Å². The Morgan fingerprint density at radius 3 is 2.73 bits per heavy atom. The Hall–Kier alpha value is -2.30. The number of H-pyrrole nitrogens is 1. The Kier molecular flexibility index (Phi) is 4.54. The minimum absolute atomic E-state index is 0.128. The number of hydrogen-bond donors (Lipinski definition) is 3. The molecule has 22 heavy (non-hydrogen) atoms. The number of aryl methyl sites for hydroxylation is 2. The summed E-state index contributed by atoms with van der Waals surface area (Å²) in [7, 11) is 0. The molecule has 1 heterocycles. The van der Waals surface area contributed by atoms with E-state index in [-0.39, 0.29) is 12.5 Å². The fourth-order valence-corrected chi connectivity index (χ4v) is 2.30. The summed E-state index contributed by atoms with van der Waals surface area (Å²) in [6, 6.07) is 6.09. The van der Waals surface area contributed by atoms with Crippen LogP contribution in [0.15, 0.2) is 24.4 Å². The molecule has 0 radical (unpaired) electrons. The first-order chi connectivity index (χ1) is 10.3. The fourth-order valence-electron chi connectivity index (χ4n) is 2.30. The molecule has 0 saturated heterocycles. The van der Waals surface area contributed by atoms with Crippen LogP contribution in [0.1, 0.15) is 31.4 Å². The Bertz CT molecular complexity index is 701. The topological polar surface area (TPSA) is 82.2 Å². The zero-order valence-corrected chi connectivity index (χ0v) is 13.2. The van der Waals surface area contributed by atoms with Crippen LogP contribution in [-0.2, 0) is 16.0 Å². The maximum atomic E-state index is 11.9. The first kappa shape index (κ1) is 16.1. The molecule has 0 aliphatic rings. The third kappa shape index (κ3) is 3.47. The summed E-state index contributed by atoms with van der Waals surface area (Å²) >= 11 is 0. The average Bonchev–Trinajstić information content (AvgIpc) is 2.87. The molecule has 0 aliphatic carbocycles. The van der Waals surface area contributed by atoms with Crippen molar-refractivity contribution >= 4 is 22.8 Å². The molecule has 0 fully saturated rings. The van der Waals surface area contributed by atoms with Gasteiger partial charge in [-0.15, -0.1) is 0 Å². The predicted octanol–water partition coefficient (Wildman–Crippen LogP) is 2.64. The Morgan fingerprint density at radius 2 is 2.05 bits per heavy atom. The highest BCUT2D eigenvalue weighted by atomic mass is 16.4. The number of benzene rings is 1. The third-order valence-corrected chi connectivity index (χ3v) is 3.94. The number of carboxylic acids is 1. The highest BCUT2D eigenvalue weighted by molar-refractivity contribution is 5.86. The zero-order chi connectivity index (χ0) is 16.3. The number of aromatic amines is 1. The quantitative estimate of drug-likeness (QED) is 0.767. The number of para-hydroxylation sites is 1. The van der Waals surface area contributed by atoms with Crippen LogP contribution in [0.2, 0.25) is 0 Å². The molecule has 3 N–H and O–H groups in total. The molecule has 0 spiro atoms. The maximum absolute atomic E-state index is 11.9. The van der Waals surface area contributed by atoms with Crippen LogP contribution >= 0.6 is 0 Å². The monoisotopic (exact) mass is 302 g/mol. The van der Waals surface area contributed by atoms with E-state index < -0.39 is 11.4 Å². The normalized spacial score (nSPS) is 11.6. The van der Waals surface area contributed by atoms with Crippen molar-refractivity contribution in [2.24, 2.45) is 5.41 Å². The Morgan fingerprint density at radius 1 is 1.32 bits per heavy atom. The highest BCUT2D eigenvalue weighted by Crippen LogP contribution is 2.22. The van der Waals surface area contributed by atoms with Gasteiger partial charge in [0.2, 0.25) is 5.91 Å². The predicted molar refractivity (Wildman–Crippen MR) is 85.8 cm³/mol. The van der Waals surface area contributed by atoms with Gasteiger partial charge in [-0.1, -0.05) is 18.2 Å². The van der Waals surface area contributed by atoms with Gasteiger partial charge in [-0.05, 0) is 38.3 Å². The largest absolute Gasteiger partial charge is 0.481 e. The van der Waals surface area contributed by atoms with Crippen LogP contribution in [0.5, 0.6) is 0 Å². The number of fused-ring (bicyclic) bond motifs is 1. The smallest absolute Gasteiger partial charge is 0.310 e. The van der Waals surface area contributed by atoms with E-state index in [1.165, 1.54) is 5.56 Å². The number of nitrogens with one attached hydrogen (secondary N) is 2. The molecule has 118 valence electrons. The van der Waals surface area contributed by atoms with Crippen molar-refractivity contribution in [2.75, 3.05) is 6.54 Å². The lowest BCUT2D eigenvalue weighted by Gasteiger charge is -2.19. The molecule has 0 bridgehead atoms. The van der Waals surface area contributed by atoms with Gasteiger partial charge in [0.1, 0.15) is 0 Å². The fraction of sp³-hybridized carbons (Fsp3) is 0.412. The summed E-state index contributed by atoms with van der Waals surface area (Å²) in [5, 5.41) is 12.9. The summed E-state index contributed by atoms with van der Waals surface area (Å²) in [4.78, 5) is 26.1. The average molecular weight is 302 g/mol. The molecular formula is C17H22N2O3. The number of aliphatic carboxylic acids is 1. The van der Waals surface area contributed by atoms with Crippen molar-refractivity contribution in [1.29, 1.82) is 0 Å². The van der Waals surface area contributed by atoms with Crippen molar-refractivity contribution in [3.05, 3.63) is 35.5 Å². The van der Waals surface area contributed by atoms with Crippen molar-refractivity contribution in [1.82, 2.24) is 10.3 Å². The van der Waals surface area contributed by atoms with E-state index in [0.717, 1.165) is 16.5 Å². The number of carbonyl (C=O) groups excluding carboxylic acids is 1. The molecule has 0 unspecified atom stereocenters. The minimum Gasteiger partial charge on any atom is -0.481 e. The molecule has 0 aliphatic heterocycles. The van der Waals surface area contributed by atoms with Crippen LogP contribution in [0.3, 0.4) is 0 Å². The first-order valence-electron chi connectivity index (χ1n) is 7.37. The van der Waals surface area contributed by atoms with E-state index in [4.69, 9.17) is 5.11 Å². The van der Waals surface area contributed by atoms with E-state index in [0.29, 0.717) is 12.8 Å². The number of hydrogen-bond acceptors (Lipinski definition) is 2. The first-order valence-corrected chi connectivity index (χ1v) is 7.37. The molecule has 0 saturated carbocycles. The van der Waals surface area contributed by atoms with Crippen LogP contribution in [-0.4, -0.2) is 28.5 Å². The lowest BCUT2D eigenvalue weighted by molar-refractivity contribution is -0.146. The van der Waals surface area contributed by atoms with Gasteiger partial charge in [-0.3, -0.25) is 9.59 Å². The van der Waals surface area contributed by atoms with Gasteiger partial charge >= 0.3 is 5.97 Å². The molecule has 5 nitrogen and oxygen atoms in total. The van der Waals surface area contributed by atoms with E-state index in [9.17, 15) is 9.59 Å².